The first-order valence-corrected chi connectivity index (χ1v) is 10.7. The summed E-state index contributed by atoms with van der Waals surface area (Å²) in [6.45, 7) is 6.27. The number of amides is 1. The molecule has 1 amide bonds. The van der Waals surface area contributed by atoms with Gasteiger partial charge in [-0.3, -0.25) is 4.90 Å². The van der Waals surface area contributed by atoms with Gasteiger partial charge in [0.2, 0.25) is 0 Å². The molecule has 29 heavy (non-hydrogen) atoms. The number of piperidine rings is 1. The largest absolute Gasteiger partial charge is 0.450 e. The number of likely N-dealkylation sites (tertiary alicyclic amines) is 2. The molecule has 0 N–H and O–H groups in total. The van der Waals surface area contributed by atoms with Gasteiger partial charge in [0.25, 0.3) is 0 Å². The minimum atomic E-state index is -0.151. The van der Waals surface area contributed by atoms with E-state index >= 15 is 0 Å². The van der Waals surface area contributed by atoms with Crippen molar-refractivity contribution in [1.29, 1.82) is 0 Å². The molecule has 1 aliphatic carbocycles. The van der Waals surface area contributed by atoms with Crippen LogP contribution in [0.5, 0.6) is 0 Å². The van der Waals surface area contributed by atoms with E-state index in [1.165, 1.54) is 17.5 Å². The summed E-state index contributed by atoms with van der Waals surface area (Å²) < 4.78 is 5.15. The van der Waals surface area contributed by atoms with Gasteiger partial charge in [-0.1, -0.05) is 12.1 Å². The fourth-order valence-corrected chi connectivity index (χ4v) is 5.29. The van der Waals surface area contributed by atoms with Crippen molar-refractivity contribution in [3.05, 3.63) is 47.8 Å². The molecule has 1 aromatic carbocycles. The molecule has 3 heterocycles. The molecule has 2 aliphatic heterocycles. The summed E-state index contributed by atoms with van der Waals surface area (Å²) >= 11 is 0. The van der Waals surface area contributed by atoms with E-state index in [4.69, 9.17) is 4.74 Å². The van der Waals surface area contributed by atoms with Crippen LogP contribution in [0.1, 0.15) is 43.4 Å². The molecule has 2 saturated heterocycles. The van der Waals surface area contributed by atoms with Crippen LogP contribution in [-0.4, -0.2) is 58.6 Å². The Morgan fingerprint density at radius 2 is 1.97 bits per heavy atom. The Kier molecular flexibility index (Phi) is 4.74. The molecule has 5 rings (SSSR count). The lowest BCUT2D eigenvalue weighted by Crippen LogP contribution is -2.61. The van der Waals surface area contributed by atoms with Gasteiger partial charge in [0.1, 0.15) is 0 Å². The number of rotatable bonds is 3. The summed E-state index contributed by atoms with van der Waals surface area (Å²) in [6.07, 6.45) is 7.94. The van der Waals surface area contributed by atoms with Crippen molar-refractivity contribution in [1.82, 2.24) is 19.8 Å². The first-order chi connectivity index (χ1) is 14.2. The first kappa shape index (κ1) is 18.6. The van der Waals surface area contributed by atoms with Gasteiger partial charge in [-0.2, -0.15) is 0 Å². The molecule has 1 aromatic heterocycles. The number of hydrogen-bond acceptors (Lipinski definition) is 5. The van der Waals surface area contributed by atoms with E-state index in [2.05, 4.69) is 33.1 Å². The van der Waals surface area contributed by atoms with E-state index in [1.807, 2.05) is 17.9 Å². The van der Waals surface area contributed by atoms with E-state index in [1.54, 1.807) is 12.4 Å². The lowest BCUT2D eigenvalue weighted by Gasteiger charge is -2.56. The molecule has 2 aromatic rings. The molecule has 0 unspecified atom stereocenters. The van der Waals surface area contributed by atoms with Crippen LogP contribution in [0.2, 0.25) is 0 Å². The van der Waals surface area contributed by atoms with Crippen LogP contribution in [0.25, 0.3) is 11.4 Å². The van der Waals surface area contributed by atoms with E-state index in [9.17, 15) is 4.79 Å². The average Bonchev–Trinajstić information content (AvgIpc) is 3.16. The molecule has 1 atom stereocenters. The van der Waals surface area contributed by atoms with Crippen molar-refractivity contribution in [2.24, 2.45) is 5.41 Å². The number of carbonyl (C=O) groups is 1. The fourth-order valence-electron chi connectivity index (χ4n) is 5.29. The van der Waals surface area contributed by atoms with Crippen LogP contribution >= 0.6 is 0 Å². The molecule has 3 aliphatic rings. The number of benzene rings is 1. The van der Waals surface area contributed by atoms with Gasteiger partial charge in [0.05, 0.1) is 6.61 Å². The van der Waals surface area contributed by atoms with Gasteiger partial charge >= 0.3 is 6.09 Å². The zero-order valence-corrected chi connectivity index (χ0v) is 17.0. The summed E-state index contributed by atoms with van der Waals surface area (Å²) in [4.78, 5) is 25.2. The SMILES string of the molecule is CCOC(=O)N1CCC2(CC1)CN([C@@H]1CCc3cc(-c4ncccn4)ccc31)C2. The molecule has 6 heteroatoms. The molecule has 0 bridgehead atoms. The Morgan fingerprint density at radius 1 is 1.21 bits per heavy atom. The second-order valence-corrected chi connectivity index (χ2v) is 8.63. The topological polar surface area (TPSA) is 58.6 Å². The van der Waals surface area contributed by atoms with Crippen molar-refractivity contribution in [2.75, 3.05) is 32.8 Å². The van der Waals surface area contributed by atoms with Crippen molar-refractivity contribution in [3.63, 3.8) is 0 Å². The van der Waals surface area contributed by atoms with Gasteiger partial charge in [0, 0.05) is 50.2 Å². The summed E-state index contributed by atoms with van der Waals surface area (Å²) in [6, 6.07) is 9.11. The summed E-state index contributed by atoms with van der Waals surface area (Å²) in [5.41, 5.74) is 4.42. The average molecular weight is 393 g/mol. The zero-order chi connectivity index (χ0) is 19.8. The van der Waals surface area contributed by atoms with Crippen LogP contribution in [0.4, 0.5) is 4.79 Å². The molecule has 2 fully saturated rings. The maximum atomic E-state index is 11.9. The molecular weight excluding hydrogens is 364 g/mol. The number of fused-ring (bicyclic) bond motifs is 1. The van der Waals surface area contributed by atoms with Gasteiger partial charge in [-0.15, -0.1) is 0 Å². The summed E-state index contributed by atoms with van der Waals surface area (Å²) in [5, 5.41) is 0. The maximum absolute atomic E-state index is 11.9. The predicted octanol–water partition coefficient (Wildman–Crippen LogP) is 3.69. The second kappa shape index (κ2) is 7.41. The van der Waals surface area contributed by atoms with E-state index < -0.39 is 0 Å². The molecular formula is C23H28N4O2. The molecule has 1 spiro atoms. The Hall–Kier alpha value is -2.47. The van der Waals surface area contributed by atoms with Crippen molar-refractivity contribution in [3.8, 4) is 11.4 Å². The second-order valence-electron chi connectivity index (χ2n) is 8.63. The molecule has 0 saturated carbocycles. The first-order valence-electron chi connectivity index (χ1n) is 10.7. The Labute approximate surface area is 171 Å². The third kappa shape index (κ3) is 3.39. The smallest absolute Gasteiger partial charge is 0.409 e. The molecule has 152 valence electrons. The lowest BCUT2D eigenvalue weighted by molar-refractivity contribution is -0.0677. The van der Waals surface area contributed by atoms with E-state index in [0.29, 0.717) is 18.1 Å². The normalized spacial score (nSPS) is 22.9. The minimum absolute atomic E-state index is 0.151. The van der Waals surface area contributed by atoms with Gasteiger partial charge in [-0.05, 0) is 61.3 Å². The van der Waals surface area contributed by atoms with Crippen LogP contribution in [0.15, 0.2) is 36.7 Å². The number of hydrogen-bond donors (Lipinski definition) is 0. The van der Waals surface area contributed by atoms with Crippen molar-refractivity contribution >= 4 is 6.09 Å². The Morgan fingerprint density at radius 3 is 2.69 bits per heavy atom. The summed E-state index contributed by atoms with van der Waals surface area (Å²) in [5.74, 6) is 0.801. The third-order valence-corrected chi connectivity index (χ3v) is 6.88. The lowest BCUT2D eigenvalue weighted by atomic mass is 9.71. The number of aryl methyl sites for hydroxylation is 1. The highest BCUT2D eigenvalue weighted by atomic mass is 16.6. The minimum Gasteiger partial charge on any atom is -0.450 e. The molecule has 6 nitrogen and oxygen atoms in total. The Balaban J connectivity index is 1.22. The highest BCUT2D eigenvalue weighted by molar-refractivity contribution is 5.67. The zero-order valence-electron chi connectivity index (χ0n) is 17.0. The van der Waals surface area contributed by atoms with E-state index in [-0.39, 0.29) is 6.09 Å². The van der Waals surface area contributed by atoms with Crippen LogP contribution < -0.4 is 0 Å². The van der Waals surface area contributed by atoms with Crippen molar-refractivity contribution in [2.45, 2.75) is 38.6 Å². The number of aromatic nitrogens is 2. The Bertz CT molecular complexity index is 885. The number of nitrogens with zero attached hydrogens (tertiary/aromatic N) is 4. The quantitative estimate of drug-likeness (QED) is 0.797. The van der Waals surface area contributed by atoms with Crippen LogP contribution in [0.3, 0.4) is 0 Å². The monoisotopic (exact) mass is 392 g/mol. The van der Waals surface area contributed by atoms with Gasteiger partial charge < -0.3 is 9.64 Å². The number of ether oxygens (including phenoxy) is 1. The highest BCUT2D eigenvalue weighted by Crippen LogP contribution is 2.48. The summed E-state index contributed by atoms with van der Waals surface area (Å²) in [7, 11) is 0. The third-order valence-electron chi connectivity index (χ3n) is 6.88. The van der Waals surface area contributed by atoms with E-state index in [0.717, 1.165) is 56.8 Å². The fraction of sp³-hybridized carbons (Fsp3) is 0.522. The molecule has 0 radical (unpaired) electrons. The van der Waals surface area contributed by atoms with Gasteiger partial charge in [-0.25, -0.2) is 14.8 Å². The van der Waals surface area contributed by atoms with Gasteiger partial charge in [0.15, 0.2) is 5.82 Å². The van der Waals surface area contributed by atoms with Crippen LogP contribution in [0, 0.1) is 5.41 Å². The maximum Gasteiger partial charge on any atom is 0.409 e. The number of carbonyl (C=O) groups excluding carboxylic acids is 1. The predicted molar refractivity (Wildman–Crippen MR) is 110 cm³/mol. The standard InChI is InChI=1S/C23H28N4O2/c1-2-29-22(28)26-12-8-23(9-13-26)15-27(16-23)20-7-5-17-14-18(4-6-19(17)20)21-24-10-3-11-25-21/h3-4,6,10-11,14,20H,2,5,7-9,12-13,15-16H2,1H3/t20-/m1/s1. The van der Waals surface area contributed by atoms with Crippen LogP contribution in [-0.2, 0) is 11.2 Å². The van der Waals surface area contributed by atoms with Crippen molar-refractivity contribution < 1.29 is 9.53 Å². The highest BCUT2D eigenvalue weighted by Gasteiger charge is 2.48.